The highest BCUT2D eigenvalue weighted by molar-refractivity contribution is 7.92. The minimum absolute atomic E-state index is 0.0330. The number of aromatic nitrogens is 1. The normalized spacial score (nSPS) is 11.8. The fourth-order valence-electron chi connectivity index (χ4n) is 2.70. The van der Waals surface area contributed by atoms with Crippen LogP contribution in [0, 0.1) is 0 Å². The molecule has 3 aromatic rings. The highest BCUT2D eigenvalue weighted by Gasteiger charge is 2.25. The molecule has 0 aliphatic rings. The van der Waals surface area contributed by atoms with Crippen LogP contribution in [-0.4, -0.2) is 24.6 Å². The maximum Gasteiger partial charge on any atom is 0.419 e. The summed E-state index contributed by atoms with van der Waals surface area (Å²) >= 11 is 0. The number of aliphatic hydroxyl groups is 1. The summed E-state index contributed by atoms with van der Waals surface area (Å²) in [4.78, 5) is 11.6. The van der Waals surface area contributed by atoms with Crippen molar-refractivity contribution in [3.05, 3.63) is 58.6 Å². The molecule has 0 atom stereocenters. The number of aliphatic hydroxyl groups excluding tert-OH is 1. The molecule has 0 fully saturated rings. The monoisotopic (exact) mass is 362 g/mol. The van der Waals surface area contributed by atoms with Gasteiger partial charge in [0.25, 0.3) is 10.0 Å². The van der Waals surface area contributed by atoms with E-state index in [1.165, 1.54) is 21.0 Å². The van der Waals surface area contributed by atoms with Crippen molar-refractivity contribution in [1.29, 1.82) is 0 Å². The number of oxazole rings is 1. The summed E-state index contributed by atoms with van der Waals surface area (Å²) in [5.74, 6) is -0.549. The summed E-state index contributed by atoms with van der Waals surface area (Å²) < 4.78 is 33.7. The van der Waals surface area contributed by atoms with Gasteiger partial charge in [0.15, 0.2) is 5.58 Å². The Bertz CT molecular complexity index is 1080. The SMILES string of the molecule is CCN(c1cccc(CO)c1)S(=O)(=O)c1ccc2c(c1)oc(=O)n2C. The Morgan fingerprint density at radius 2 is 1.96 bits per heavy atom. The van der Waals surface area contributed by atoms with Gasteiger partial charge in [-0.15, -0.1) is 0 Å². The first-order valence-corrected chi connectivity index (χ1v) is 9.14. The first-order chi connectivity index (χ1) is 11.9. The van der Waals surface area contributed by atoms with E-state index in [1.54, 1.807) is 44.3 Å². The van der Waals surface area contributed by atoms with Gasteiger partial charge in [0.05, 0.1) is 22.7 Å². The highest BCUT2D eigenvalue weighted by atomic mass is 32.2. The Balaban J connectivity index is 2.11. The summed E-state index contributed by atoms with van der Waals surface area (Å²) in [6.45, 7) is 1.77. The first kappa shape index (κ1) is 17.2. The van der Waals surface area contributed by atoms with Crippen LogP contribution in [0.3, 0.4) is 0 Å². The molecule has 2 aromatic carbocycles. The van der Waals surface area contributed by atoms with Crippen LogP contribution in [0.4, 0.5) is 5.69 Å². The number of aryl methyl sites for hydroxylation is 1. The summed E-state index contributed by atoms with van der Waals surface area (Å²) in [6, 6.07) is 11.1. The van der Waals surface area contributed by atoms with Gasteiger partial charge in [-0.25, -0.2) is 13.2 Å². The van der Waals surface area contributed by atoms with Gasteiger partial charge in [-0.2, -0.15) is 0 Å². The summed E-state index contributed by atoms with van der Waals surface area (Å²) in [7, 11) is -2.29. The molecule has 0 unspecified atom stereocenters. The van der Waals surface area contributed by atoms with Crippen LogP contribution in [-0.2, 0) is 23.7 Å². The summed E-state index contributed by atoms with van der Waals surface area (Å²) in [6.07, 6.45) is 0. The predicted octanol–water partition coefficient (Wildman–Crippen LogP) is 1.84. The zero-order valence-corrected chi connectivity index (χ0v) is 14.7. The van der Waals surface area contributed by atoms with Crippen LogP contribution in [0.15, 0.2) is 56.6 Å². The lowest BCUT2D eigenvalue weighted by molar-refractivity contribution is 0.282. The molecule has 1 N–H and O–H groups in total. The van der Waals surface area contributed by atoms with Crippen molar-refractivity contribution in [3.63, 3.8) is 0 Å². The van der Waals surface area contributed by atoms with Gasteiger partial charge in [-0.05, 0) is 36.8 Å². The minimum atomic E-state index is -3.84. The molecule has 0 saturated heterocycles. The molecule has 1 heterocycles. The predicted molar refractivity (Wildman–Crippen MR) is 94.0 cm³/mol. The molecule has 0 aliphatic carbocycles. The number of nitrogens with zero attached hydrogens (tertiary/aromatic N) is 2. The summed E-state index contributed by atoms with van der Waals surface area (Å²) in [5, 5.41) is 9.27. The number of rotatable bonds is 5. The average molecular weight is 362 g/mol. The van der Waals surface area contributed by atoms with Crippen LogP contribution >= 0.6 is 0 Å². The van der Waals surface area contributed by atoms with Gasteiger partial charge in [0.1, 0.15) is 0 Å². The Kier molecular flexibility index (Phi) is 4.40. The van der Waals surface area contributed by atoms with Gasteiger partial charge >= 0.3 is 5.76 Å². The summed E-state index contributed by atoms with van der Waals surface area (Å²) in [5.41, 5.74) is 1.82. The molecule has 8 heteroatoms. The molecular formula is C17H18N2O5S. The number of anilines is 1. The Morgan fingerprint density at radius 1 is 1.20 bits per heavy atom. The maximum absolute atomic E-state index is 13.0. The first-order valence-electron chi connectivity index (χ1n) is 7.70. The molecule has 0 radical (unpaired) electrons. The lowest BCUT2D eigenvalue weighted by Gasteiger charge is -2.23. The van der Waals surface area contributed by atoms with E-state index in [-0.39, 0.29) is 23.6 Å². The van der Waals surface area contributed by atoms with Crippen molar-refractivity contribution in [3.8, 4) is 0 Å². The molecule has 7 nitrogen and oxygen atoms in total. The topological polar surface area (TPSA) is 92.8 Å². The molecule has 0 aliphatic heterocycles. The Morgan fingerprint density at radius 3 is 2.64 bits per heavy atom. The number of fused-ring (bicyclic) bond motifs is 1. The quantitative estimate of drug-likeness (QED) is 0.748. The fourth-order valence-corrected chi connectivity index (χ4v) is 4.18. The van der Waals surface area contributed by atoms with Gasteiger partial charge in [0.2, 0.25) is 0 Å². The van der Waals surface area contributed by atoms with E-state index in [1.807, 2.05) is 0 Å². The third-order valence-corrected chi connectivity index (χ3v) is 5.92. The lowest BCUT2D eigenvalue weighted by atomic mass is 10.2. The Hall–Kier alpha value is -2.58. The molecule has 0 spiro atoms. The van der Waals surface area contributed by atoms with Crippen LogP contribution < -0.4 is 10.1 Å². The number of hydrogen-bond acceptors (Lipinski definition) is 5. The number of benzene rings is 2. The van der Waals surface area contributed by atoms with Gasteiger partial charge in [-0.1, -0.05) is 12.1 Å². The Labute approximate surface area is 144 Å². The third-order valence-electron chi connectivity index (χ3n) is 4.02. The van der Waals surface area contributed by atoms with Crippen molar-refractivity contribution >= 4 is 26.8 Å². The van der Waals surface area contributed by atoms with E-state index in [0.717, 1.165) is 0 Å². The number of sulfonamides is 1. The maximum atomic E-state index is 13.0. The van der Waals surface area contributed by atoms with E-state index in [9.17, 15) is 18.3 Å². The standard InChI is InChI=1S/C17H18N2O5S/c1-3-19(13-6-4-5-12(9-13)11-20)25(22,23)14-7-8-15-16(10-14)24-17(21)18(15)2/h4-10,20H,3,11H2,1-2H3. The molecule has 0 bridgehead atoms. The van der Waals surface area contributed by atoms with Gasteiger partial charge in [0, 0.05) is 19.7 Å². The third kappa shape index (κ3) is 2.94. The smallest absolute Gasteiger partial charge is 0.408 e. The minimum Gasteiger partial charge on any atom is -0.408 e. The van der Waals surface area contributed by atoms with E-state index in [0.29, 0.717) is 16.8 Å². The molecule has 25 heavy (non-hydrogen) atoms. The van der Waals surface area contributed by atoms with Gasteiger partial charge in [-0.3, -0.25) is 8.87 Å². The van der Waals surface area contributed by atoms with Gasteiger partial charge < -0.3 is 9.52 Å². The van der Waals surface area contributed by atoms with Crippen LogP contribution in [0.1, 0.15) is 12.5 Å². The highest BCUT2D eigenvalue weighted by Crippen LogP contribution is 2.26. The van der Waals surface area contributed by atoms with Crippen LogP contribution in [0.5, 0.6) is 0 Å². The zero-order valence-electron chi connectivity index (χ0n) is 13.8. The molecule has 3 rings (SSSR count). The lowest BCUT2D eigenvalue weighted by Crippen LogP contribution is -2.30. The second-order valence-electron chi connectivity index (χ2n) is 5.55. The van der Waals surface area contributed by atoms with Crippen molar-refractivity contribution in [2.24, 2.45) is 7.05 Å². The molecule has 0 saturated carbocycles. The van der Waals surface area contributed by atoms with E-state index in [4.69, 9.17) is 4.42 Å². The van der Waals surface area contributed by atoms with Crippen molar-refractivity contribution in [1.82, 2.24) is 4.57 Å². The second-order valence-corrected chi connectivity index (χ2v) is 7.42. The van der Waals surface area contributed by atoms with E-state index < -0.39 is 15.8 Å². The zero-order chi connectivity index (χ0) is 18.2. The van der Waals surface area contributed by atoms with E-state index in [2.05, 4.69) is 0 Å². The molecule has 132 valence electrons. The molecular weight excluding hydrogens is 344 g/mol. The number of hydrogen-bond donors (Lipinski definition) is 1. The van der Waals surface area contributed by atoms with Crippen LogP contribution in [0.2, 0.25) is 0 Å². The van der Waals surface area contributed by atoms with E-state index >= 15 is 0 Å². The van der Waals surface area contributed by atoms with Crippen LogP contribution in [0.25, 0.3) is 11.1 Å². The second kappa shape index (κ2) is 6.38. The molecule has 0 amide bonds. The van der Waals surface area contributed by atoms with Crippen molar-refractivity contribution in [2.75, 3.05) is 10.8 Å². The largest absolute Gasteiger partial charge is 0.419 e. The van der Waals surface area contributed by atoms with Crippen molar-refractivity contribution in [2.45, 2.75) is 18.4 Å². The van der Waals surface area contributed by atoms with Crippen molar-refractivity contribution < 1.29 is 17.9 Å². The molecule has 1 aromatic heterocycles. The fraction of sp³-hybridized carbons (Fsp3) is 0.235. The average Bonchev–Trinajstić information content (AvgIpc) is 2.89.